The van der Waals surface area contributed by atoms with Gasteiger partial charge in [-0.15, -0.1) is 0 Å². The zero-order valence-electron chi connectivity index (χ0n) is 10.8. The highest BCUT2D eigenvalue weighted by molar-refractivity contribution is 9.09. The van der Waals surface area contributed by atoms with Gasteiger partial charge in [-0.25, -0.2) is 21.6 Å². The van der Waals surface area contributed by atoms with Crippen LogP contribution in [-0.4, -0.2) is 14.7 Å². The predicted molar refractivity (Wildman–Crippen MR) is 76.6 cm³/mol. The van der Waals surface area contributed by atoms with Crippen molar-refractivity contribution in [2.75, 3.05) is 6.26 Å². The lowest BCUT2D eigenvalue weighted by Crippen LogP contribution is -2.03. The average molecular weight is 379 g/mol. The Hall–Kier alpha value is -1.34. The van der Waals surface area contributed by atoms with E-state index in [2.05, 4.69) is 15.9 Å². The summed E-state index contributed by atoms with van der Waals surface area (Å²) < 4.78 is 63.0. The number of hydrogen-bond donors (Lipinski definition) is 0. The van der Waals surface area contributed by atoms with E-state index in [4.69, 9.17) is 0 Å². The van der Waals surface area contributed by atoms with Crippen LogP contribution in [0.3, 0.4) is 0 Å². The lowest BCUT2D eigenvalue weighted by atomic mass is 10.0. The number of hydrogen-bond acceptors (Lipinski definition) is 2. The molecule has 1 unspecified atom stereocenters. The molecule has 2 nitrogen and oxygen atoms in total. The van der Waals surface area contributed by atoms with Crippen LogP contribution in [0.2, 0.25) is 0 Å². The van der Waals surface area contributed by atoms with Gasteiger partial charge in [0.25, 0.3) is 0 Å². The van der Waals surface area contributed by atoms with Crippen molar-refractivity contribution in [1.29, 1.82) is 0 Å². The molecule has 21 heavy (non-hydrogen) atoms. The van der Waals surface area contributed by atoms with Gasteiger partial charge in [0.05, 0.1) is 9.72 Å². The molecule has 0 radical (unpaired) electrons. The van der Waals surface area contributed by atoms with Crippen LogP contribution in [0.4, 0.5) is 13.2 Å². The first-order valence-electron chi connectivity index (χ1n) is 5.78. The first kappa shape index (κ1) is 16.0. The molecule has 0 aliphatic heterocycles. The van der Waals surface area contributed by atoms with Crippen LogP contribution in [0.1, 0.15) is 16.0 Å². The summed E-state index contributed by atoms with van der Waals surface area (Å²) in [5, 5.41) is 0. The highest BCUT2D eigenvalue weighted by Crippen LogP contribution is 2.34. The highest BCUT2D eigenvalue weighted by Gasteiger charge is 2.21. The summed E-state index contributed by atoms with van der Waals surface area (Å²) in [5.74, 6) is -3.02. The largest absolute Gasteiger partial charge is 0.224 e. The van der Waals surface area contributed by atoms with Gasteiger partial charge in [0, 0.05) is 24.0 Å². The molecule has 2 aromatic rings. The van der Waals surface area contributed by atoms with Crippen LogP contribution in [-0.2, 0) is 9.84 Å². The number of alkyl halides is 1. The van der Waals surface area contributed by atoms with E-state index in [1.165, 1.54) is 24.3 Å². The minimum absolute atomic E-state index is 0.103. The predicted octanol–water partition coefficient (Wildman–Crippen LogP) is 3.99. The summed E-state index contributed by atoms with van der Waals surface area (Å²) in [6, 6.07) is 6.77. The average Bonchev–Trinajstić information content (AvgIpc) is 2.36. The van der Waals surface area contributed by atoms with E-state index in [0.717, 1.165) is 6.26 Å². The van der Waals surface area contributed by atoms with Crippen molar-refractivity contribution in [3.63, 3.8) is 0 Å². The molecule has 0 amide bonds. The molecule has 0 saturated carbocycles. The standard InChI is InChI=1S/C14H10BrF3O2S/c1-21(19,20)10-4-2-8(3-5-10)14(15)13-11(17)6-9(16)7-12(13)18/h2-7,14H,1H3. The highest BCUT2D eigenvalue weighted by atomic mass is 79.9. The fourth-order valence-corrected chi connectivity index (χ4v) is 3.22. The van der Waals surface area contributed by atoms with Crippen molar-refractivity contribution in [2.45, 2.75) is 9.72 Å². The molecule has 0 aliphatic carbocycles. The van der Waals surface area contributed by atoms with Gasteiger partial charge in [0.15, 0.2) is 9.84 Å². The van der Waals surface area contributed by atoms with Crippen molar-refractivity contribution in [3.8, 4) is 0 Å². The number of halogens is 4. The molecule has 0 heterocycles. The van der Waals surface area contributed by atoms with Crippen molar-refractivity contribution in [1.82, 2.24) is 0 Å². The van der Waals surface area contributed by atoms with E-state index in [-0.39, 0.29) is 10.5 Å². The third kappa shape index (κ3) is 3.47. The molecule has 0 fully saturated rings. The Bertz CT molecular complexity index is 750. The van der Waals surface area contributed by atoms with E-state index >= 15 is 0 Å². The molecule has 2 aromatic carbocycles. The summed E-state index contributed by atoms with van der Waals surface area (Å²) in [4.78, 5) is -0.752. The molecule has 0 aromatic heterocycles. The minimum atomic E-state index is -3.34. The van der Waals surface area contributed by atoms with Gasteiger partial charge in [-0.1, -0.05) is 28.1 Å². The molecule has 112 valence electrons. The smallest absolute Gasteiger partial charge is 0.175 e. The lowest BCUT2D eigenvalue weighted by Gasteiger charge is -2.13. The lowest BCUT2D eigenvalue weighted by molar-refractivity contribution is 0.527. The molecule has 0 N–H and O–H groups in total. The second kappa shape index (κ2) is 5.81. The van der Waals surface area contributed by atoms with Gasteiger partial charge in [-0.05, 0) is 17.7 Å². The van der Waals surface area contributed by atoms with Gasteiger partial charge < -0.3 is 0 Å². The molecule has 0 saturated heterocycles. The normalized spacial score (nSPS) is 13.2. The van der Waals surface area contributed by atoms with Gasteiger partial charge >= 0.3 is 0 Å². The van der Waals surface area contributed by atoms with Crippen LogP contribution in [0.15, 0.2) is 41.3 Å². The van der Waals surface area contributed by atoms with Gasteiger partial charge in [-0.2, -0.15) is 0 Å². The first-order chi connectivity index (χ1) is 9.70. The number of rotatable bonds is 3. The maximum atomic E-state index is 13.7. The van der Waals surface area contributed by atoms with Gasteiger partial charge in [-0.3, -0.25) is 0 Å². The van der Waals surface area contributed by atoms with E-state index in [9.17, 15) is 21.6 Å². The monoisotopic (exact) mass is 378 g/mol. The van der Waals surface area contributed by atoms with Crippen LogP contribution in [0.5, 0.6) is 0 Å². The summed E-state index contributed by atoms with van der Waals surface area (Å²) in [7, 11) is -3.34. The van der Waals surface area contributed by atoms with E-state index < -0.39 is 32.1 Å². The molecule has 1 atom stereocenters. The Balaban J connectivity index is 2.44. The molecule has 2 rings (SSSR count). The molecule has 0 bridgehead atoms. The van der Waals surface area contributed by atoms with Crippen LogP contribution >= 0.6 is 15.9 Å². The second-order valence-corrected chi connectivity index (χ2v) is 7.42. The number of benzene rings is 2. The Kier molecular flexibility index (Phi) is 4.43. The maximum Gasteiger partial charge on any atom is 0.175 e. The van der Waals surface area contributed by atoms with E-state index in [1.807, 2.05) is 0 Å². The summed E-state index contributed by atoms with van der Waals surface area (Å²) in [6.45, 7) is 0. The Morgan fingerprint density at radius 1 is 1.00 bits per heavy atom. The first-order valence-corrected chi connectivity index (χ1v) is 8.59. The Morgan fingerprint density at radius 2 is 1.48 bits per heavy atom. The zero-order chi connectivity index (χ0) is 15.8. The van der Waals surface area contributed by atoms with E-state index in [1.54, 1.807) is 0 Å². The van der Waals surface area contributed by atoms with Gasteiger partial charge in [0.2, 0.25) is 0 Å². The fourth-order valence-electron chi connectivity index (χ4n) is 1.85. The second-order valence-electron chi connectivity index (χ2n) is 4.49. The third-order valence-electron chi connectivity index (χ3n) is 2.90. The van der Waals surface area contributed by atoms with Gasteiger partial charge in [0.1, 0.15) is 17.5 Å². The van der Waals surface area contributed by atoms with Crippen molar-refractivity contribution in [3.05, 3.63) is 65.0 Å². The van der Waals surface area contributed by atoms with Crippen LogP contribution in [0.25, 0.3) is 0 Å². The SMILES string of the molecule is CS(=O)(=O)c1ccc(C(Br)c2c(F)cc(F)cc2F)cc1. The van der Waals surface area contributed by atoms with Crippen molar-refractivity contribution in [2.24, 2.45) is 0 Å². The Morgan fingerprint density at radius 3 is 1.90 bits per heavy atom. The van der Waals surface area contributed by atoms with Crippen molar-refractivity contribution >= 4 is 25.8 Å². The van der Waals surface area contributed by atoms with Crippen LogP contribution < -0.4 is 0 Å². The molecular formula is C14H10BrF3O2S. The summed E-state index contributed by atoms with van der Waals surface area (Å²) in [5.41, 5.74) is 0.121. The topological polar surface area (TPSA) is 34.1 Å². The summed E-state index contributed by atoms with van der Waals surface area (Å²) in [6.07, 6.45) is 1.06. The minimum Gasteiger partial charge on any atom is -0.224 e. The zero-order valence-corrected chi connectivity index (χ0v) is 13.2. The maximum absolute atomic E-state index is 13.7. The molecular weight excluding hydrogens is 369 g/mol. The van der Waals surface area contributed by atoms with E-state index in [0.29, 0.717) is 17.7 Å². The van der Waals surface area contributed by atoms with Crippen LogP contribution in [0, 0.1) is 17.5 Å². The Labute approximate surface area is 128 Å². The molecule has 0 aliphatic rings. The molecule has 7 heteroatoms. The van der Waals surface area contributed by atoms with Crippen molar-refractivity contribution < 1.29 is 21.6 Å². The fraction of sp³-hybridized carbons (Fsp3) is 0.143. The quantitative estimate of drug-likeness (QED) is 0.756. The molecule has 0 spiro atoms. The summed E-state index contributed by atoms with van der Waals surface area (Å²) >= 11 is 3.14. The number of sulfone groups is 1. The third-order valence-corrected chi connectivity index (χ3v) is 5.01.